The van der Waals surface area contributed by atoms with Crippen LogP contribution in [0.4, 0.5) is 0 Å². The summed E-state index contributed by atoms with van der Waals surface area (Å²) in [6, 6.07) is 6.68. The predicted octanol–water partition coefficient (Wildman–Crippen LogP) is 2.13. The lowest BCUT2D eigenvalue weighted by molar-refractivity contribution is -0.139. The summed E-state index contributed by atoms with van der Waals surface area (Å²) in [5.41, 5.74) is 1.20. The summed E-state index contributed by atoms with van der Waals surface area (Å²) in [5.74, 6) is -1.96. The van der Waals surface area contributed by atoms with Gasteiger partial charge in [0.15, 0.2) is 0 Å². The number of unbranched alkanes of at least 4 members (excludes halogenated alkanes) is 2. The van der Waals surface area contributed by atoms with Crippen molar-refractivity contribution in [1.29, 1.82) is 0 Å². The SMILES string of the molecule is O=C(NCCCCNC(=O)c1ccncc1)c1ccncc1.O=C(O)CCCCC(=O)O. The molecule has 0 aliphatic rings. The molecule has 0 saturated heterocycles. The lowest BCUT2D eigenvalue weighted by Gasteiger charge is -2.06. The van der Waals surface area contributed by atoms with Crippen LogP contribution in [0.1, 0.15) is 59.2 Å². The summed E-state index contributed by atoms with van der Waals surface area (Å²) in [4.78, 5) is 51.0. The van der Waals surface area contributed by atoms with E-state index in [0.29, 0.717) is 37.1 Å². The average Bonchev–Trinajstić information content (AvgIpc) is 2.80. The van der Waals surface area contributed by atoms with Crippen LogP contribution in [-0.4, -0.2) is 57.0 Å². The number of amides is 2. The molecule has 0 saturated carbocycles. The van der Waals surface area contributed by atoms with E-state index in [2.05, 4.69) is 20.6 Å². The summed E-state index contributed by atoms with van der Waals surface area (Å²) in [6.07, 6.45) is 8.96. The van der Waals surface area contributed by atoms with Gasteiger partial charge in [-0.2, -0.15) is 0 Å². The summed E-state index contributed by atoms with van der Waals surface area (Å²) >= 11 is 0. The number of aliphatic carboxylic acids is 2. The highest BCUT2D eigenvalue weighted by atomic mass is 16.4. The second kappa shape index (κ2) is 15.9. The van der Waals surface area contributed by atoms with Gasteiger partial charge in [0.1, 0.15) is 0 Å². The molecule has 2 rings (SSSR count). The molecule has 0 aromatic carbocycles. The van der Waals surface area contributed by atoms with Crippen molar-refractivity contribution in [2.24, 2.45) is 0 Å². The number of hydrogen-bond donors (Lipinski definition) is 4. The van der Waals surface area contributed by atoms with Gasteiger partial charge in [0.05, 0.1) is 0 Å². The van der Waals surface area contributed by atoms with Crippen molar-refractivity contribution < 1.29 is 29.4 Å². The van der Waals surface area contributed by atoms with E-state index in [9.17, 15) is 19.2 Å². The van der Waals surface area contributed by atoms with Gasteiger partial charge in [-0.05, 0) is 49.9 Å². The molecule has 0 aliphatic heterocycles. The fourth-order valence-electron chi connectivity index (χ4n) is 2.42. The maximum Gasteiger partial charge on any atom is 0.303 e. The highest BCUT2D eigenvalue weighted by Gasteiger charge is 2.05. The molecule has 4 N–H and O–H groups in total. The first kappa shape index (κ1) is 26.2. The van der Waals surface area contributed by atoms with Crippen LogP contribution in [0.3, 0.4) is 0 Å². The Balaban J connectivity index is 0.000000433. The summed E-state index contributed by atoms with van der Waals surface area (Å²) < 4.78 is 0. The van der Waals surface area contributed by atoms with Crippen molar-refractivity contribution >= 4 is 23.8 Å². The van der Waals surface area contributed by atoms with E-state index in [0.717, 1.165) is 12.8 Å². The number of carbonyl (C=O) groups excluding carboxylic acids is 2. The number of carbonyl (C=O) groups is 4. The minimum atomic E-state index is -0.870. The van der Waals surface area contributed by atoms with Crippen LogP contribution in [0.15, 0.2) is 49.1 Å². The number of carboxylic acids is 2. The molecule has 172 valence electrons. The zero-order valence-electron chi connectivity index (χ0n) is 17.7. The number of hydrogen-bond acceptors (Lipinski definition) is 6. The molecule has 0 spiro atoms. The van der Waals surface area contributed by atoms with Crippen molar-refractivity contribution in [3.05, 3.63) is 60.2 Å². The maximum atomic E-state index is 11.8. The summed E-state index contributed by atoms with van der Waals surface area (Å²) in [7, 11) is 0. The van der Waals surface area contributed by atoms with E-state index in [1.165, 1.54) is 0 Å². The molecule has 2 aromatic heterocycles. The van der Waals surface area contributed by atoms with E-state index >= 15 is 0 Å². The fourth-order valence-corrected chi connectivity index (χ4v) is 2.42. The largest absolute Gasteiger partial charge is 0.481 e. The Morgan fingerprint density at radius 1 is 0.625 bits per heavy atom. The van der Waals surface area contributed by atoms with E-state index < -0.39 is 11.9 Å². The number of carboxylic acid groups (broad SMARTS) is 2. The lowest BCUT2D eigenvalue weighted by atomic mass is 10.2. The van der Waals surface area contributed by atoms with Crippen LogP contribution in [-0.2, 0) is 9.59 Å². The normalized spacial score (nSPS) is 9.75. The second-order valence-corrected chi connectivity index (χ2v) is 6.69. The molecule has 0 bridgehead atoms. The molecule has 2 heterocycles. The fraction of sp³-hybridized carbons (Fsp3) is 0.364. The third kappa shape index (κ3) is 12.7. The number of rotatable bonds is 12. The van der Waals surface area contributed by atoms with E-state index in [1.54, 1.807) is 49.1 Å². The summed E-state index contributed by atoms with van der Waals surface area (Å²) in [6.45, 7) is 1.15. The van der Waals surface area contributed by atoms with Crippen molar-refractivity contribution in [1.82, 2.24) is 20.6 Å². The molecule has 0 fully saturated rings. The molecular formula is C22H28N4O6. The highest BCUT2D eigenvalue weighted by molar-refractivity contribution is 5.94. The molecular weight excluding hydrogens is 416 g/mol. The smallest absolute Gasteiger partial charge is 0.303 e. The van der Waals surface area contributed by atoms with Crippen LogP contribution in [0.5, 0.6) is 0 Å². The van der Waals surface area contributed by atoms with Crippen LogP contribution in [0.25, 0.3) is 0 Å². The third-order valence-corrected chi connectivity index (χ3v) is 4.09. The molecule has 0 radical (unpaired) electrons. The predicted molar refractivity (Wildman–Crippen MR) is 116 cm³/mol. The van der Waals surface area contributed by atoms with Crippen molar-refractivity contribution in [2.45, 2.75) is 38.5 Å². The Kier molecular flexibility index (Phi) is 13.1. The minimum absolute atomic E-state index is 0.0628. The summed E-state index contributed by atoms with van der Waals surface area (Å²) in [5, 5.41) is 21.9. The van der Waals surface area contributed by atoms with Gasteiger partial charge in [-0.3, -0.25) is 29.1 Å². The molecule has 0 atom stereocenters. The van der Waals surface area contributed by atoms with E-state index in [1.807, 2.05) is 0 Å². The zero-order valence-corrected chi connectivity index (χ0v) is 17.7. The Labute approximate surface area is 186 Å². The first-order valence-corrected chi connectivity index (χ1v) is 10.2. The first-order chi connectivity index (χ1) is 15.4. The van der Waals surface area contributed by atoms with Crippen LogP contribution in [0, 0.1) is 0 Å². The second-order valence-electron chi connectivity index (χ2n) is 6.69. The quantitative estimate of drug-likeness (QED) is 0.362. The van der Waals surface area contributed by atoms with Gasteiger partial charge in [-0.1, -0.05) is 0 Å². The third-order valence-electron chi connectivity index (χ3n) is 4.09. The molecule has 0 unspecified atom stereocenters. The van der Waals surface area contributed by atoms with Crippen LogP contribution >= 0.6 is 0 Å². The molecule has 0 aliphatic carbocycles. The van der Waals surface area contributed by atoms with Gasteiger partial charge in [-0.25, -0.2) is 0 Å². The highest BCUT2D eigenvalue weighted by Crippen LogP contribution is 1.99. The first-order valence-electron chi connectivity index (χ1n) is 10.2. The van der Waals surface area contributed by atoms with Crippen LogP contribution in [0.2, 0.25) is 0 Å². The van der Waals surface area contributed by atoms with Gasteiger partial charge in [0, 0.05) is 61.8 Å². The van der Waals surface area contributed by atoms with Crippen molar-refractivity contribution in [2.75, 3.05) is 13.1 Å². The van der Waals surface area contributed by atoms with Crippen molar-refractivity contribution in [3.63, 3.8) is 0 Å². The molecule has 2 amide bonds. The Hall–Kier alpha value is -3.82. The van der Waals surface area contributed by atoms with Crippen LogP contribution < -0.4 is 10.6 Å². The zero-order chi connectivity index (χ0) is 23.6. The monoisotopic (exact) mass is 444 g/mol. The van der Waals surface area contributed by atoms with E-state index in [4.69, 9.17) is 10.2 Å². The van der Waals surface area contributed by atoms with Gasteiger partial charge in [0.25, 0.3) is 11.8 Å². The number of aromatic nitrogens is 2. The standard InChI is InChI=1S/C16H18N4O2.C6H10O4/c21-15(13-3-9-17-10-4-13)19-7-1-2-8-20-16(22)14-5-11-18-12-6-14;7-5(8)3-1-2-4-6(9)10/h3-6,9-12H,1-2,7-8H2,(H,19,21)(H,20,22);1-4H2,(H,7,8)(H,9,10). The van der Waals surface area contributed by atoms with E-state index in [-0.39, 0.29) is 24.7 Å². The van der Waals surface area contributed by atoms with Crippen molar-refractivity contribution in [3.8, 4) is 0 Å². The minimum Gasteiger partial charge on any atom is -0.481 e. The molecule has 10 heteroatoms. The number of nitrogens with zero attached hydrogens (tertiary/aromatic N) is 2. The Morgan fingerprint density at radius 2 is 0.969 bits per heavy atom. The average molecular weight is 444 g/mol. The number of pyridine rings is 2. The lowest BCUT2D eigenvalue weighted by Crippen LogP contribution is -2.27. The van der Waals surface area contributed by atoms with Gasteiger partial charge in [0.2, 0.25) is 0 Å². The Bertz CT molecular complexity index is 775. The maximum absolute atomic E-state index is 11.8. The molecule has 32 heavy (non-hydrogen) atoms. The Morgan fingerprint density at radius 3 is 1.28 bits per heavy atom. The van der Waals surface area contributed by atoms with Gasteiger partial charge in [-0.15, -0.1) is 0 Å². The number of nitrogens with one attached hydrogen (secondary N) is 2. The van der Waals surface area contributed by atoms with Gasteiger partial charge >= 0.3 is 11.9 Å². The molecule has 10 nitrogen and oxygen atoms in total. The van der Waals surface area contributed by atoms with Gasteiger partial charge < -0.3 is 20.8 Å². The topological polar surface area (TPSA) is 159 Å². The molecule has 2 aromatic rings.